The molecule has 2 aliphatic rings. The Balaban J connectivity index is 1.94. The Hall–Kier alpha value is -1.16. The van der Waals surface area contributed by atoms with Crippen LogP contribution in [0, 0.1) is 24.5 Å². The van der Waals surface area contributed by atoms with Crippen molar-refractivity contribution >= 4 is 5.69 Å². The van der Waals surface area contributed by atoms with Gasteiger partial charge in [-0.1, -0.05) is 6.07 Å². The lowest BCUT2D eigenvalue weighted by Crippen LogP contribution is -2.51. The molecule has 1 unspecified atom stereocenters. The Morgan fingerprint density at radius 2 is 2.05 bits per heavy atom. The van der Waals surface area contributed by atoms with Crippen LogP contribution in [0.15, 0.2) is 12.1 Å². The third kappa shape index (κ3) is 2.41. The van der Waals surface area contributed by atoms with Gasteiger partial charge in [-0.2, -0.15) is 0 Å². The van der Waals surface area contributed by atoms with Gasteiger partial charge < -0.3 is 10.2 Å². The van der Waals surface area contributed by atoms with Gasteiger partial charge in [0, 0.05) is 18.6 Å². The van der Waals surface area contributed by atoms with E-state index in [-0.39, 0.29) is 11.2 Å². The normalized spacial score (nSPS) is 27.5. The Labute approximate surface area is 119 Å². The zero-order valence-electron chi connectivity index (χ0n) is 12.2. The van der Waals surface area contributed by atoms with Crippen LogP contribution in [0.1, 0.15) is 31.7 Å². The summed E-state index contributed by atoms with van der Waals surface area (Å²) in [6, 6.07) is 2.88. The summed E-state index contributed by atoms with van der Waals surface area (Å²) in [6.07, 6.45) is 3.35. The van der Waals surface area contributed by atoms with Crippen molar-refractivity contribution in [1.29, 1.82) is 0 Å². The summed E-state index contributed by atoms with van der Waals surface area (Å²) in [5.41, 5.74) is 0.631. The SMILES string of the molecule is Cc1ccc(F)c(N2CCCNC(C)(C3CC3)C2)c1F. The van der Waals surface area contributed by atoms with Gasteiger partial charge in [-0.3, -0.25) is 0 Å². The van der Waals surface area contributed by atoms with Gasteiger partial charge in [0.05, 0.1) is 0 Å². The Bertz CT molecular complexity index is 513. The van der Waals surface area contributed by atoms with Gasteiger partial charge in [-0.15, -0.1) is 0 Å². The summed E-state index contributed by atoms with van der Waals surface area (Å²) in [4.78, 5) is 1.90. The molecule has 1 atom stereocenters. The monoisotopic (exact) mass is 280 g/mol. The molecule has 1 N–H and O–H groups in total. The molecule has 1 aliphatic heterocycles. The summed E-state index contributed by atoms with van der Waals surface area (Å²) in [5.74, 6) is -0.225. The number of hydrogen-bond acceptors (Lipinski definition) is 2. The average Bonchev–Trinajstić information content (AvgIpc) is 3.22. The summed E-state index contributed by atoms with van der Waals surface area (Å²) < 4.78 is 28.5. The van der Waals surface area contributed by atoms with Crippen molar-refractivity contribution in [3.63, 3.8) is 0 Å². The highest BCUT2D eigenvalue weighted by Gasteiger charge is 2.43. The summed E-state index contributed by atoms with van der Waals surface area (Å²) in [7, 11) is 0. The number of nitrogens with zero attached hydrogens (tertiary/aromatic N) is 1. The minimum absolute atomic E-state index is 0.0286. The van der Waals surface area contributed by atoms with Gasteiger partial charge in [0.2, 0.25) is 0 Å². The molecule has 0 amide bonds. The number of nitrogens with one attached hydrogen (secondary N) is 1. The number of benzene rings is 1. The fourth-order valence-electron chi connectivity index (χ4n) is 3.29. The van der Waals surface area contributed by atoms with Crippen LogP contribution in [0.2, 0.25) is 0 Å². The molecule has 0 spiro atoms. The lowest BCUT2D eigenvalue weighted by Gasteiger charge is -2.35. The molecular weight excluding hydrogens is 258 g/mol. The molecule has 20 heavy (non-hydrogen) atoms. The van der Waals surface area contributed by atoms with E-state index in [1.807, 2.05) is 4.90 Å². The minimum Gasteiger partial charge on any atom is -0.365 e. The van der Waals surface area contributed by atoms with Crippen LogP contribution in [0.25, 0.3) is 0 Å². The van der Waals surface area contributed by atoms with Crippen LogP contribution < -0.4 is 10.2 Å². The molecule has 3 rings (SSSR count). The smallest absolute Gasteiger partial charge is 0.152 e. The first-order valence-corrected chi connectivity index (χ1v) is 7.46. The lowest BCUT2D eigenvalue weighted by atomic mass is 9.95. The molecule has 1 saturated heterocycles. The fraction of sp³-hybridized carbons (Fsp3) is 0.625. The predicted octanol–water partition coefficient (Wildman–Crippen LogP) is 3.24. The van der Waals surface area contributed by atoms with Crippen molar-refractivity contribution in [1.82, 2.24) is 5.32 Å². The highest BCUT2D eigenvalue weighted by Crippen LogP contribution is 2.41. The standard InChI is InChI=1S/C16H22F2N2/c1-11-4-7-13(17)15(14(11)18)20-9-3-8-19-16(2,10-20)12-5-6-12/h4,7,12,19H,3,5-6,8-10H2,1-2H3. The first-order valence-electron chi connectivity index (χ1n) is 7.46. The van der Waals surface area contributed by atoms with Gasteiger partial charge in [-0.05, 0) is 57.2 Å². The molecule has 2 fully saturated rings. The number of halogens is 2. The predicted molar refractivity (Wildman–Crippen MR) is 77.1 cm³/mol. The van der Waals surface area contributed by atoms with Crippen molar-refractivity contribution in [3.8, 4) is 0 Å². The van der Waals surface area contributed by atoms with Crippen LogP contribution in [-0.2, 0) is 0 Å². The van der Waals surface area contributed by atoms with Crippen molar-refractivity contribution < 1.29 is 8.78 Å². The molecule has 0 radical (unpaired) electrons. The Kier molecular flexibility index (Phi) is 3.44. The number of aryl methyl sites for hydroxylation is 1. The highest BCUT2D eigenvalue weighted by atomic mass is 19.1. The Morgan fingerprint density at radius 3 is 2.75 bits per heavy atom. The second-order valence-corrected chi connectivity index (χ2v) is 6.42. The van der Waals surface area contributed by atoms with Crippen LogP contribution in [0.4, 0.5) is 14.5 Å². The van der Waals surface area contributed by atoms with Gasteiger partial charge in [0.25, 0.3) is 0 Å². The van der Waals surface area contributed by atoms with E-state index in [9.17, 15) is 8.78 Å². The largest absolute Gasteiger partial charge is 0.365 e. The van der Waals surface area contributed by atoms with Crippen molar-refractivity contribution in [2.75, 3.05) is 24.5 Å². The zero-order chi connectivity index (χ0) is 14.3. The molecule has 1 saturated carbocycles. The summed E-state index contributed by atoms with van der Waals surface area (Å²) >= 11 is 0. The maximum Gasteiger partial charge on any atom is 0.152 e. The molecular formula is C16H22F2N2. The van der Waals surface area contributed by atoms with Crippen molar-refractivity contribution in [2.24, 2.45) is 5.92 Å². The average molecular weight is 280 g/mol. The van der Waals surface area contributed by atoms with Crippen molar-refractivity contribution in [3.05, 3.63) is 29.3 Å². The lowest BCUT2D eigenvalue weighted by molar-refractivity contribution is 0.330. The highest BCUT2D eigenvalue weighted by molar-refractivity contribution is 5.52. The van der Waals surface area contributed by atoms with E-state index in [0.29, 0.717) is 24.6 Å². The second kappa shape index (κ2) is 4.99. The van der Waals surface area contributed by atoms with Gasteiger partial charge in [-0.25, -0.2) is 8.78 Å². The third-order valence-corrected chi connectivity index (χ3v) is 4.71. The van der Waals surface area contributed by atoms with E-state index >= 15 is 0 Å². The second-order valence-electron chi connectivity index (χ2n) is 6.42. The zero-order valence-corrected chi connectivity index (χ0v) is 12.2. The van der Waals surface area contributed by atoms with Gasteiger partial charge in [0.15, 0.2) is 5.82 Å². The maximum atomic E-state index is 14.3. The van der Waals surface area contributed by atoms with E-state index in [0.717, 1.165) is 13.0 Å². The molecule has 4 heteroatoms. The molecule has 0 bridgehead atoms. The minimum atomic E-state index is -0.451. The van der Waals surface area contributed by atoms with E-state index < -0.39 is 11.6 Å². The number of hydrogen-bond donors (Lipinski definition) is 1. The quantitative estimate of drug-likeness (QED) is 0.894. The molecule has 1 aromatic rings. The summed E-state index contributed by atoms with van der Waals surface area (Å²) in [6.45, 7) is 6.17. The fourth-order valence-corrected chi connectivity index (χ4v) is 3.29. The number of rotatable bonds is 2. The van der Waals surface area contributed by atoms with Crippen LogP contribution >= 0.6 is 0 Å². The van der Waals surface area contributed by atoms with E-state index in [2.05, 4.69) is 12.2 Å². The molecule has 1 aliphatic carbocycles. The Morgan fingerprint density at radius 1 is 1.30 bits per heavy atom. The van der Waals surface area contributed by atoms with E-state index in [4.69, 9.17) is 0 Å². The van der Waals surface area contributed by atoms with Crippen LogP contribution in [0.5, 0.6) is 0 Å². The topological polar surface area (TPSA) is 15.3 Å². The van der Waals surface area contributed by atoms with Gasteiger partial charge in [0.1, 0.15) is 11.5 Å². The maximum absolute atomic E-state index is 14.3. The number of anilines is 1. The molecule has 0 aromatic heterocycles. The van der Waals surface area contributed by atoms with E-state index in [1.54, 1.807) is 6.92 Å². The van der Waals surface area contributed by atoms with Gasteiger partial charge >= 0.3 is 0 Å². The third-order valence-electron chi connectivity index (χ3n) is 4.71. The van der Waals surface area contributed by atoms with Crippen LogP contribution in [-0.4, -0.2) is 25.2 Å². The molecule has 2 nitrogen and oxygen atoms in total. The first-order chi connectivity index (χ1) is 9.51. The van der Waals surface area contributed by atoms with Crippen LogP contribution in [0.3, 0.4) is 0 Å². The summed E-state index contributed by atoms with van der Waals surface area (Å²) in [5, 5.41) is 3.59. The molecule has 1 heterocycles. The first kappa shape index (κ1) is 13.8. The van der Waals surface area contributed by atoms with Crippen molar-refractivity contribution in [2.45, 2.75) is 38.6 Å². The van der Waals surface area contributed by atoms with E-state index in [1.165, 1.54) is 25.0 Å². The molecule has 110 valence electrons. The molecule has 1 aromatic carbocycles.